The van der Waals surface area contributed by atoms with Gasteiger partial charge in [0.1, 0.15) is 5.82 Å². The number of benzene rings is 1. The molecule has 2 aromatic rings. The standard InChI is InChI=1S/C12H17N3S/c1-9-14-11-8-10(13)4-5-12(11)15(9)6-3-7-16-2/h4-5,8H,3,6-7,13H2,1-2H3. The van der Waals surface area contributed by atoms with Crippen molar-refractivity contribution in [2.24, 2.45) is 0 Å². The number of hydrogen-bond acceptors (Lipinski definition) is 3. The van der Waals surface area contributed by atoms with Crippen molar-refractivity contribution in [2.75, 3.05) is 17.7 Å². The molecule has 3 nitrogen and oxygen atoms in total. The SMILES string of the molecule is CSCCCn1c(C)nc2cc(N)ccc21. The molecule has 1 aromatic heterocycles. The molecule has 0 aliphatic carbocycles. The van der Waals surface area contributed by atoms with Crippen molar-refractivity contribution in [1.82, 2.24) is 9.55 Å². The number of hydrogen-bond donors (Lipinski definition) is 1. The second kappa shape index (κ2) is 4.78. The molecule has 16 heavy (non-hydrogen) atoms. The summed E-state index contributed by atoms with van der Waals surface area (Å²) in [7, 11) is 0. The zero-order chi connectivity index (χ0) is 11.5. The molecule has 0 aliphatic heterocycles. The van der Waals surface area contributed by atoms with E-state index in [9.17, 15) is 0 Å². The maximum Gasteiger partial charge on any atom is 0.106 e. The Morgan fingerprint density at radius 3 is 3.00 bits per heavy atom. The predicted molar refractivity (Wildman–Crippen MR) is 71.9 cm³/mol. The average Bonchev–Trinajstić information content (AvgIpc) is 2.55. The summed E-state index contributed by atoms with van der Waals surface area (Å²) in [4.78, 5) is 4.53. The van der Waals surface area contributed by atoms with Crippen LogP contribution >= 0.6 is 11.8 Å². The number of rotatable bonds is 4. The first-order valence-electron chi connectivity index (χ1n) is 5.43. The Labute approximate surface area is 100 Å². The molecule has 1 aromatic carbocycles. The Balaban J connectivity index is 2.32. The molecule has 0 atom stereocenters. The van der Waals surface area contributed by atoms with Crippen molar-refractivity contribution >= 4 is 28.5 Å². The van der Waals surface area contributed by atoms with Crippen LogP contribution in [0.4, 0.5) is 5.69 Å². The summed E-state index contributed by atoms with van der Waals surface area (Å²) in [6.07, 6.45) is 3.32. The minimum atomic E-state index is 0.779. The monoisotopic (exact) mass is 235 g/mol. The van der Waals surface area contributed by atoms with Crippen LogP contribution in [0, 0.1) is 6.92 Å². The van der Waals surface area contributed by atoms with E-state index >= 15 is 0 Å². The van der Waals surface area contributed by atoms with Gasteiger partial charge in [-0.25, -0.2) is 4.98 Å². The van der Waals surface area contributed by atoms with E-state index < -0.39 is 0 Å². The lowest BCUT2D eigenvalue weighted by Crippen LogP contribution is -2.01. The average molecular weight is 235 g/mol. The highest BCUT2D eigenvalue weighted by molar-refractivity contribution is 7.98. The Morgan fingerprint density at radius 1 is 1.44 bits per heavy atom. The van der Waals surface area contributed by atoms with Gasteiger partial charge in [-0.1, -0.05) is 0 Å². The number of aryl methyl sites for hydroxylation is 2. The number of nitrogen functional groups attached to an aromatic ring is 1. The van der Waals surface area contributed by atoms with Gasteiger partial charge in [-0.3, -0.25) is 0 Å². The molecule has 0 radical (unpaired) electrons. The van der Waals surface area contributed by atoms with E-state index in [2.05, 4.69) is 28.8 Å². The van der Waals surface area contributed by atoms with E-state index in [1.165, 1.54) is 17.7 Å². The predicted octanol–water partition coefficient (Wildman–Crippen LogP) is 2.68. The van der Waals surface area contributed by atoms with Gasteiger partial charge in [0.25, 0.3) is 0 Å². The molecular formula is C12H17N3S. The molecule has 0 saturated carbocycles. The van der Waals surface area contributed by atoms with E-state index in [0.29, 0.717) is 0 Å². The zero-order valence-electron chi connectivity index (χ0n) is 9.73. The summed E-state index contributed by atoms with van der Waals surface area (Å²) in [6.45, 7) is 3.09. The summed E-state index contributed by atoms with van der Waals surface area (Å²) < 4.78 is 2.27. The molecule has 2 N–H and O–H groups in total. The number of imidazole rings is 1. The molecule has 86 valence electrons. The van der Waals surface area contributed by atoms with Crippen LogP contribution in [0.2, 0.25) is 0 Å². The van der Waals surface area contributed by atoms with Gasteiger partial charge in [0.05, 0.1) is 11.0 Å². The van der Waals surface area contributed by atoms with E-state index in [1.54, 1.807) is 0 Å². The molecule has 0 aliphatic rings. The van der Waals surface area contributed by atoms with Gasteiger partial charge in [0.15, 0.2) is 0 Å². The third kappa shape index (κ3) is 2.16. The van der Waals surface area contributed by atoms with Crippen molar-refractivity contribution in [3.8, 4) is 0 Å². The number of fused-ring (bicyclic) bond motifs is 1. The lowest BCUT2D eigenvalue weighted by Gasteiger charge is -2.05. The largest absolute Gasteiger partial charge is 0.399 e. The van der Waals surface area contributed by atoms with Crippen LogP contribution in [0.5, 0.6) is 0 Å². The Morgan fingerprint density at radius 2 is 2.25 bits per heavy atom. The van der Waals surface area contributed by atoms with Crippen LogP contribution in [-0.4, -0.2) is 21.6 Å². The molecule has 0 spiro atoms. The van der Waals surface area contributed by atoms with Crippen LogP contribution in [0.3, 0.4) is 0 Å². The first-order chi connectivity index (χ1) is 7.72. The van der Waals surface area contributed by atoms with E-state index in [1.807, 2.05) is 23.9 Å². The fourth-order valence-corrected chi connectivity index (χ4v) is 2.33. The van der Waals surface area contributed by atoms with Gasteiger partial charge in [-0.15, -0.1) is 0 Å². The fourth-order valence-electron chi connectivity index (χ4n) is 1.92. The van der Waals surface area contributed by atoms with Gasteiger partial charge in [0.2, 0.25) is 0 Å². The van der Waals surface area contributed by atoms with Gasteiger partial charge in [-0.2, -0.15) is 11.8 Å². The first-order valence-corrected chi connectivity index (χ1v) is 6.83. The van der Waals surface area contributed by atoms with Crippen molar-refractivity contribution in [3.63, 3.8) is 0 Å². The maximum atomic E-state index is 5.75. The molecule has 2 rings (SSSR count). The molecule has 0 bridgehead atoms. The molecule has 0 fully saturated rings. The van der Waals surface area contributed by atoms with Crippen LogP contribution < -0.4 is 5.73 Å². The lowest BCUT2D eigenvalue weighted by molar-refractivity contribution is 0.681. The Hall–Kier alpha value is -1.16. The van der Waals surface area contributed by atoms with Crippen LogP contribution in [0.15, 0.2) is 18.2 Å². The summed E-state index contributed by atoms with van der Waals surface area (Å²) in [6, 6.07) is 5.94. The van der Waals surface area contributed by atoms with Gasteiger partial charge >= 0.3 is 0 Å². The molecule has 1 heterocycles. The second-order valence-electron chi connectivity index (χ2n) is 3.91. The third-order valence-corrected chi connectivity index (χ3v) is 3.39. The van der Waals surface area contributed by atoms with E-state index in [4.69, 9.17) is 5.73 Å². The number of nitrogens with two attached hydrogens (primary N) is 1. The van der Waals surface area contributed by atoms with Crippen molar-refractivity contribution in [3.05, 3.63) is 24.0 Å². The van der Waals surface area contributed by atoms with Crippen LogP contribution in [0.25, 0.3) is 11.0 Å². The first kappa shape index (κ1) is 11.3. The number of aromatic nitrogens is 2. The van der Waals surface area contributed by atoms with Crippen molar-refractivity contribution in [2.45, 2.75) is 19.9 Å². The molecule has 0 unspecified atom stereocenters. The smallest absolute Gasteiger partial charge is 0.106 e. The number of nitrogens with zero attached hydrogens (tertiary/aromatic N) is 2. The summed E-state index contributed by atoms with van der Waals surface area (Å²) in [5, 5.41) is 0. The molecule has 0 saturated heterocycles. The maximum absolute atomic E-state index is 5.75. The lowest BCUT2D eigenvalue weighted by atomic mass is 10.3. The highest BCUT2D eigenvalue weighted by Crippen LogP contribution is 2.19. The van der Waals surface area contributed by atoms with Gasteiger partial charge < -0.3 is 10.3 Å². The molecule has 0 amide bonds. The van der Waals surface area contributed by atoms with E-state index in [0.717, 1.165) is 23.6 Å². The quantitative estimate of drug-likeness (QED) is 0.654. The second-order valence-corrected chi connectivity index (χ2v) is 4.89. The third-order valence-electron chi connectivity index (χ3n) is 2.69. The zero-order valence-corrected chi connectivity index (χ0v) is 10.5. The summed E-state index contributed by atoms with van der Waals surface area (Å²) in [5.74, 6) is 2.26. The molecule has 4 heteroatoms. The molecular weight excluding hydrogens is 218 g/mol. The van der Waals surface area contributed by atoms with Gasteiger partial charge in [-0.05, 0) is 43.6 Å². The van der Waals surface area contributed by atoms with Gasteiger partial charge in [0, 0.05) is 12.2 Å². The highest BCUT2D eigenvalue weighted by atomic mass is 32.2. The normalized spacial score (nSPS) is 11.1. The van der Waals surface area contributed by atoms with E-state index in [-0.39, 0.29) is 0 Å². The Kier molecular flexibility index (Phi) is 3.39. The highest BCUT2D eigenvalue weighted by Gasteiger charge is 2.06. The topological polar surface area (TPSA) is 43.8 Å². The summed E-state index contributed by atoms with van der Waals surface area (Å²) in [5.41, 5.74) is 8.72. The van der Waals surface area contributed by atoms with Crippen molar-refractivity contribution in [1.29, 1.82) is 0 Å². The summed E-state index contributed by atoms with van der Waals surface area (Å²) >= 11 is 1.88. The fraction of sp³-hybridized carbons (Fsp3) is 0.417. The Bertz CT molecular complexity index is 490. The minimum Gasteiger partial charge on any atom is -0.399 e. The number of thioether (sulfide) groups is 1. The van der Waals surface area contributed by atoms with Crippen LogP contribution in [-0.2, 0) is 6.54 Å². The van der Waals surface area contributed by atoms with Crippen molar-refractivity contribution < 1.29 is 0 Å². The minimum absolute atomic E-state index is 0.779. The number of anilines is 1. The van der Waals surface area contributed by atoms with Crippen LogP contribution in [0.1, 0.15) is 12.2 Å².